The average Bonchev–Trinajstić information content (AvgIpc) is 3.12. The second-order valence-corrected chi connectivity index (χ2v) is 16.6. The lowest BCUT2D eigenvalue weighted by molar-refractivity contribution is -0.0000265. The molecule has 0 heterocycles. The van der Waals surface area contributed by atoms with E-state index in [2.05, 4.69) is 91.0 Å². The summed E-state index contributed by atoms with van der Waals surface area (Å²) in [6.45, 7) is 2.21. The van der Waals surface area contributed by atoms with Gasteiger partial charge in [0.2, 0.25) is 5.78 Å². The van der Waals surface area contributed by atoms with Gasteiger partial charge in [0.25, 0.3) is 0 Å². The molecule has 0 fully saturated rings. The summed E-state index contributed by atoms with van der Waals surface area (Å²) in [6, 6.07) is 39.2. The van der Waals surface area contributed by atoms with Crippen molar-refractivity contribution in [2.45, 2.75) is 58.3 Å². The summed E-state index contributed by atoms with van der Waals surface area (Å²) in [4.78, 5) is 26.3. The van der Waals surface area contributed by atoms with E-state index in [9.17, 15) is 19.8 Å². The van der Waals surface area contributed by atoms with Gasteiger partial charge in [-0.05, 0) is 86.3 Å². The Morgan fingerprint density at radius 2 is 0.980 bits per heavy atom. The zero-order valence-corrected chi connectivity index (χ0v) is 31.0. The zero-order valence-electron chi connectivity index (χ0n) is 28.5. The first kappa shape index (κ1) is 37.0. The number of phenolic OH excluding ortho intramolecular Hbond substituents is 2. The topological polar surface area (TPSA) is 83.8 Å². The Morgan fingerprint density at radius 1 is 0.540 bits per heavy atom. The van der Waals surface area contributed by atoms with E-state index in [-0.39, 0.29) is 50.7 Å². The van der Waals surface area contributed by atoms with Crippen molar-refractivity contribution in [2.24, 2.45) is 0 Å². The van der Waals surface area contributed by atoms with E-state index in [4.69, 9.17) is 4.74 Å². The zero-order chi connectivity index (χ0) is 34.2. The van der Waals surface area contributed by atoms with Crippen LogP contribution in [0.15, 0.2) is 115 Å². The third-order valence-corrected chi connectivity index (χ3v) is 14.1. The number of carbonyl (C=O) groups excluding carboxylic acids is 2. The molecule has 5 nitrogen and oxygen atoms in total. The van der Waals surface area contributed by atoms with Crippen LogP contribution in [0.2, 0.25) is 0 Å². The molecule has 258 valence electrons. The molecule has 0 saturated carbocycles. The third-order valence-electron chi connectivity index (χ3n) is 9.54. The molecule has 0 radical (unpaired) electrons. The fraction of sp³-hybridized carbons (Fsp3) is 0.256. The van der Waals surface area contributed by atoms with Crippen molar-refractivity contribution in [3.8, 4) is 17.2 Å². The van der Waals surface area contributed by atoms with Crippen molar-refractivity contribution in [1.29, 1.82) is 0 Å². The van der Waals surface area contributed by atoms with Gasteiger partial charge in [-0.3, -0.25) is 9.59 Å². The van der Waals surface area contributed by atoms with Crippen molar-refractivity contribution in [3.05, 3.63) is 143 Å². The molecule has 0 amide bonds. The number of carbonyl (C=O) groups is 2. The predicted molar refractivity (Wildman–Crippen MR) is 200 cm³/mol. The molecule has 5 aromatic carbocycles. The van der Waals surface area contributed by atoms with Crippen molar-refractivity contribution < 1.29 is 41.5 Å². The summed E-state index contributed by atoms with van der Waals surface area (Å²) in [5.74, 6) is -1.17. The lowest BCUT2D eigenvalue weighted by atomic mass is 9.82. The van der Waals surface area contributed by atoms with Crippen LogP contribution in [0.4, 0.5) is 0 Å². The third kappa shape index (κ3) is 7.88. The number of benzene rings is 5. The number of ketones is 2. The Hall–Kier alpha value is -4.25. The molecule has 5 aromatic rings. The van der Waals surface area contributed by atoms with E-state index < -0.39 is 18.8 Å². The SMILES string of the molecule is Cc1cc(O)c2c(c1)C(=O)c1cc(OCCCCCCCCCC[P+](c3ccccc3)(c3ccccc3)c3ccccc3)cc(O)c1C2=O.[Br-]. The Balaban J connectivity index is 0.00000486. The molecule has 7 heteroatoms. The van der Waals surface area contributed by atoms with Gasteiger partial charge in [-0.25, -0.2) is 0 Å². The number of hydrogen-bond donors (Lipinski definition) is 2. The Kier molecular flexibility index (Phi) is 12.7. The quantitative estimate of drug-likeness (QED) is 0.104. The van der Waals surface area contributed by atoms with Crippen molar-refractivity contribution in [3.63, 3.8) is 0 Å². The molecular formula is C43H44BrO5P. The molecule has 0 aliphatic heterocycles. The minimum atomic E-state index is -1.76. The summed E-state index contributed by atoms with van der Waals surface area (Å²) in [6.07, 6.45) is 10.2. The number of hydrogen-bond acceptors (Lipinski definition) is 5. The lowest BCUT2D eigenvalue weighted by Gasteiger charge is -2.27. The number of rotatable bonds is 15. The van der Waals surface area contributed by atoms with Crippen LogP contribution < -0.4 is 37.6 Å². The van der Waals surface area contributed by atoms with E-state index in [1.54, 1.807) is 13.0 Å². The van der Waals surface area contributed by atoms with Crippen LogP contribution in [0.1, 0.15) is 88.8 Å². The van der Waals surface area contributed by atoms with Crippen LogP contribution in [0.25, 0.3) is 0 Å². The maximum Gasteiger partial charge on any atom is 0.201 e. The van der Waals surface area contributed by atoms with Gasteiger partial charge < -0.3 is 31.9 Å². The molecular weight excluding hydrogens is 707 g/mol. The number of phenols is 2. The summed E-state index contributed by atoms with van der Waals surface area (Å²) in [5, 5.41) is 25.3. The molecule has 0 aromatic heterocycles. The second-order valence-electron chi connectivity index (χ2n) is 12.9. The van der Waals surface area contributed by atoms with E-state index >= 15 is 0 Å². The highest BCUT2D eigenvalue weighted by Gasteiger charge is 2.44. The standard InChI is InChI=1S/C43H43O5P.BrH/c1-31-27-36-40(38(44)28-31)43(47)41-37(42(36)46)29-32(30-39(41)45)48-25-17-6-4-2-3-5-7-18-26-49(33-19-11-8-12-20-33,34-21-13-9-14-22-34)35-23-15-10-16-24-35;/h8-16,19-24,27-30H,2-7,17-18,25-26H2,1H3,(H-,44,45,47);1H. The molecule has 0 saturated heterocycles. The summed E-state index contributed by atoms with van der Waals surface area (Å²) in [7, 11) is -1.76. The Bertz CT molecular complexity index is 1810. The van der Waals surface area contributed by atoms with Crippen LogP contribution >= 0.6 is 7.26 Å². The van der Waals surface area contributed by atoms with Crippen LogP contribution in [-0.2, 0) is 0 Å². The van der Waals surface area contributed by atoms with Crippen LogP contribution in [0.3, 0.4) is 0 Å². The van der Waals surface area contributed by atoms with Crippen molar-refractivity contribution in [2.75, 3.05) is 12.8 Å². The maximum atomic E-state index is 13.2. The number of aryl methyl sites for hydroxylation is 1. The van der Waals surface area contributed by atoms with Crippen molar-refractivity contribution in [1.82, 2.24) is 0 Å². The molecule has 2 N–H and O–H groups in total. The monoisotopic (exact) mass is 750 g/mol. The largest absolute Gasteiger partial charge is 1.00 e. The number of aromatic hydroxyl groups is 2. The average molecular weight is 752 g/mol. The fourth-order valence-corrected chi connectivity index (χ4v) is 11.6. The van der Waals surface area contributed by atoms with Gasteiger partial charge in [0.05, 0.1) is 23.9 Å². The minimum Gasteiger partial charge on any atom is -1.00 e. The van der Waals surface area contributed by atoms with Crippen molar-refractivity contribution >= 4 is 34.7 Å². The number of ether oxygens (including phenoxy) is 1. The van der Waals surface area contributed by atoms with E-state index in [0.29, 0.717) is 17.9 Å². The van der Waals surface area contributed by atoms with Gasteiger partial charge in [-0.1, -0.05) is 86.7 Å². The Labute approximate surface area is 306 Å². The van der Waals surface area contributed by atoms with Gasteiger partial charge in [0, 0.05) is 17.2 Å². The molecule has 0 bridgehead atoms. The fourth-order valence-electron chi connectivity index (χ4n) is 7.14. The number of fused-ring (bicyclic) bond motifs is 2. The molecule has 0 atom stereocenters. The van der Waals surface area contributed by atoms with E-state index in [0.717, 1.165) is 25.4 Å². The minimum absolute atomic E-state index is 0. The maximum absolute atomic E-state index is 13.2. The molecule has 0 unspecified atom stereocenters. The molecule has 1 aliphatic carbocycles. The van der Waals surface area contributed by atoms with E-state index in [1.807, 2.05) is 0 Å². The second kappa shape index (κ2) is 17.1. The summed E-state index contributed by atoms with van der Waals surface area (Å²) in [5.41, 5.74) is 0.782. The first-order chi connectivity index (χ1) is 23.9. The summed E-state index contributed by atoms with van der Waals surface area (Å²) >= 11 is 0. The molecule has 6 rings (SSSR count). The molecule has 50 heavy (non-hydrogen) atoms. The smallest absolute Gasteiger partial charge is 0.201 e. The van der Waals surface area contributed by atoms with Crippen LogP contribution in [0.5, 0.6) is 17.2 Å². The van der Waals surface area contributed by atoms with E-state index in [1.165, 1.54) is 66.2 Å². The first-order valence-electron chi connectivity index (χ1n) is 17.4. The normalized spacial score (nSPS) is 12.2. The number of halogens is 1. The molecule has 0 spiro atoms. The highest BCUT2D eigenvalue weighted by molar-refractivity contribution is 7.95. The highest BCUT2D eigenvalue weighted by atomic mass is 79.9. The van der Waals surface area contributed by atoms with Gasteiger partial charge in [-0.15, -0.1) is 0 Å². The van der Waals surface area contributed by atoms with Crippen LogP contribution in [0, 0.1) is 6.92 Å². The van der Waals surface area contributed by atoms with Gasteiger partial charge >= 0.3 is 0 Å². The highest BCUT2D eigenvalue weighted by Crippen LogP contribution is 2.56. The number of unbranched alkanes of at least 4 members (excludes halogenated alkanes) is 7. The summed E-state index contributed by atoms with van der Waals surface area (Å²) < 4.78 is 5.90. The van der Waals surface area contributed by atoms with Gasteiger partial charge in [0.1, 0.15) is 40.4 Å². The first-order valence-corrected chi connectivity index (χ1v) is 19.4. The lowest BCUT2D eigenvalue weighted by Crippen LogP contribution is -3.00. The predicted octanol–water partition coefficient (Wildman–Crippen LogP) is 5.68. The van der Waals surface area contributed by atoms with Gasteiger partial charge in [0.15, 0.2) is 5.78 Å². The molecule has 1 aliphatic rings. The Morgan fingerprint density at radius 3 is 1.50 bits per heavy atom. The van der Waals surface area contributed by atoms with Gasteiger partial charge in [-0.2, -0.15) is 0 Å². The van der Waals surface area contributed by atoms with Crippen LogP contribution in [-0.4, -0.2) is 34.5 Å².